The maximum atomic E-state index is 13.2. The second-order valence-corrected chi connectivity index (χ2v) is 3.46. The van der Waals surface area contributed by atoms with E-state index in [9.17, 15) is 13.6 Å². The Labute approximate surface area is 86.7 Å². The average Bonchev–Trinajstić information content (AvgIpc) is 2.09. The lowest BCUT2D eigenvalue weighted by molar-refractivity contribution is -0.138. The molecule has 1 rings (SSSR count). The van der Waals surface area contributed by atoms with E-state index in [4.69, 9.17) is 10.8 Å². The van der Waals surface area contributed by atoms with Gasteiger partial charge >= 0.3 is 5.97 Å². The topological polar surface area (TPSA) is 63.3 Å². The fourth-order valence-electron chi connectivity index (χ4n) is 0.935. The number of carbonyl (C=O) groups is 1. The zero-order valence-corrected chi connectivity index (χ0v) is 8.38. The lowest BCUT2D eigenvalue weighted by Crippen LogP contribution is -2.22. The lowest BCUT2D eigenvalue weighted by Gasteiger charge is -2.09. The number of nitrogens with two attached hydrogens (primary N) is 1. The molecular formula is C8H6BrF2NO2. The molecule has 3 N–H and O–H groups in total. The Morgan fingerprint density at radius 1 is 1.50 bits per heavy atom. The zero-order valence-electron chi connectivity index (χ0n) is 6.80. The van der Waals surface area contributed by atoms with Crippen LogP contribution in [0.3, 0.4) is 0 Å². The maximum absolute atomic E-state index is 13.2. The predicted molar refractivity (Wildman–Crippen MR) is 48.6 cm³/mol. The van der Waals surface area contributed by atoms with Crippen molar-refractivity contribution < 1.29 is 18.7 Å². The summed E-state index contributed by atoms with van der Waals surface area (Å²) in [4.78, 5) is 10.4. The first kappa shape index (κ1) is 11.1. The third kappa shape index (κ3) is 2.08. The van der Waals surface area contributed by atoms with Crippen molar-refractivity contribution in [2.45, 2.75) is 6.04 Å². The predicted octanol–water partition coefficient (Wildman–Crippen LogP) is 1.81. The Morgan fingerprint density at radius 3 is 2.57 bits per heavy atom. The molecule has 0 amide bonds. The van der Waals surface area contributed by atoms with Gasteiger partial charge in [0.15, 0.2) is 0 Å². The van der Waals surface area contributed by atoms with Crippen LogP contribution in [0.15, 0.2) is 16.6 Å². The summed E-state index contributed by atoms with van der Waals surface area (Å²) in [6.45, 7) is 0. The molecule has 1 unspecified atom stereocenters. The molecule has 0 saturated carbocycles. The minimum Gasteiger partial charge on any atom is -0.480 e. The van der Waals surface area contributed by atoms with Gasteiger partial charge in [-0.25, -0.2) is 8.78 Å². The summed E-state index contributed by atoms with van der Waals surface area (Å²) in [5.74, 6) is -3.02. The van der Waals surface area contributed by atoms with Crippen LogP contribution in [-0.2, 0) is 4.79 Å². The Balaban J connectivity index is 3.26. The van der Waals surface area contributed by atoms with Gasteiger partial charge in [0, 0.05) is 5.56 Å². The highest BCUT2D eigenvalue weighted by atomic mass is 79.9. The molecule has 76 valence electrons. The van der Waals surface area contributed by atoms with Crippen LogP contribution in [0.2, 0.25) is 0 Å². The number of hydrogen-bond donors (Lipinski definition) is 2. The summed E-state index contributed by atoms with van der Waals surface area (Å²) in [5, 5.41) is 8.51. The number of benzene rings is 1. The SMILES string of the molecule is NC(C(=O)O)c1cc(F)cc(Br)c1F. The van der Waals surface area contributed by atoms with Gasteiger partial charge in [-0.05, 0) is 28.1 Å². The second-order valence-electron chi connectivity index (χ2n) is 2.61. The second kappa shape index (κ2) is 4.02. The first-order valence-electron chi connectivity index (χ1n) is 3.56. The summed E-state index contributed by atoms with van der Waals surface area (Å²) >= 11 is 2.75. The van der Waals surface area contributed by atoms with Crippen LogP contribution < -0.4 is 5.73 Å². The maximum Gasteiger partial charge on any atom is 0.325 e. The molecule has 0 bridgehead atoms. The van der Waals surface area contributed by atoms with Gasteiger partial charge in [-0.15, -0.1) is 0 Å². The number of halogens is 3. The summed E-state index contributed by atoms with van der Waals surface area (Å²) in [6.07, 6.45) is 0. The minimum atomic E-state index is -1.57. The summed E-state index contributed by atoms with van der Waals surface area (Å²) < 4.78 is 25.9. The van der Waals surface area contributed by atoms with Gasteiger partial charge in [0.1, 0.15) is 17.7 Å². The molecule has 1 atom stereocenters. The van der Waals surface area contributed by atoms with Gasteiger partial charge in [0.2, 0.25) is 0 Å². The van der Waals surface area contributed by atoms with Crippen molar-refractivity contribution in [1.82, 2.24) is 0 Å². The first-order valence-corrected chi connectivity index (χ1v) is 4.35. The Kier molecular flexibility index (Phi) is 3.17. The smallest absolute Gasteiger partial charge is 0.325 e. The standard InChI is InChI=1S/C8H6BrF2NO2/c9-5-2-3(10)1-4(6(5)11)7(12)8(13)14/h1-2,7H,12H2,(H,13,14). The first-order chi connectivity index (χ1) is 6.43. The summed E-state index contributed by atoms with van der Waals surface area (Å²) in [7, 11) is 0. The Hall–Kier alpha value is -1.01. The molecule has 0 heterocycles. The van der Waals surface area contributed by atoms with E-state index in [1.165, 1.54) is 0 Å². The van der Waals surface area contributed by atoms with E-state index < -0.39 is 23.6 Å². The molecule has 0 aliphatic rings. The van der Waals surface area contributed by atoms with Crippen LogP contribution in [-0.4, -0.2) is 11.1 Å². The molecule has 0 radical (unpaired) electrons. The number of hydrogen-bond acceptors (Lipinski definition) is 2. The molecule has 0 aromatic heterocycles. The number of rotatable bonds is 2. The van der Waals surface area contributed by atoms with Crippen LogP contribution >= 0.6 is 15.9 Å². The van der Waals surface area contributed by atoms with E-state index in [2.05, 4.69) is 15.9 Å². The van der Waals surface area contributed by atoms with Crippen molar-refractivity contribution in [2.24, 2.45) is 5.73 Å². The number of carboxylic acids is 1. The lowest BCUT2D eigenvalue weighted by atomic mass is 10.1. The molecule has 1 aromatic rings. The highest BCUT2D eigenvalue weighted by Crippen LogP contribution is 2.24. The highest BCUT2D eigenvalue weighted by Gasteiger charge is 2.21. The quantitative estimate of drug-likeness (QED) is 0.802. The van der Waals surface area contributed by atoms with E-state index in [1.807, 2.05) is 0 Å². The van der Waals surface area contributed by atoms with Gasteiger partial charge in [-0.2, -0.15) is 0 Å². The normalized spacial score (nSPS) is 12.6. The van der Waals surface area contributed by atoms with Crippen LogP contribution in [0.1, 0.15) is 11.6 Å². The molecule has 0 fully saturated rings. The number of aliphatic carboxylic acids is 1. The van der Waals surface area contributed by atoms with Crippen LogP contribution in [0.25, 0.3) is 0 Å². The molecule has 1 aromatic carbocycles. The van der Waals surface area contributed by atoms with Crippen LogP contribution in [0.4, 0.5) is 8.78 Å². The van der Waals surface area contributed by atoms with E-state index in [1.54, 1.807) is 0 Å². The fraction of sp³-hybridized carbons (Fsp3) is 0.125. The fourth-order valence-corrected chi connectivity index (χ4v) is 1.38. The summed E-state index contributed by atoms with van der Waals surface area (Å²) in [5.41, 5.74) is 4.76. The van der Waals surface area contributed by atoms with E-state index in [0.717, 1.165) is 12.1 Å². The van der Waals surface area contributed by atoms with Gasteiger partial charge in [-0.3, -0.25) is 4.79 Å². The monoisotopic (exact) mass is 265 g/mol. The molecule has 0 aliphatic carbocycles. The van der Waals surface area contributed by atoms with Crippen molar-refractivity contribution >= 4 is 21.9 Å². The third-order valence-electron chi connectivity index (χ3n) is 1.62. The minimum absolute atomic E-state index is 0.149. The summed E-state index contributed by atoms with van der Waals surface area (Å²) in [6, 6.07) is 0.0914. The molecule has 0 aliphatic heterocycles. The molecule has 0 spiro atoms. The van der Waals surface area contributed by atoms with Gasteiger partial charge in [0.25, 0.3) is 0 Å². The van der Waals surface area contributed by atoms with Crippen molar-refractivity contribution in [2.75, 3.05) is 0 Å². The van der Waals surface area contributed by atoms with E-state index in [0.29, 0.717) is 0 Å². The van der Waals surface area contributed by atoms with Crippen molar-refractivity contribution in [3.8, 4) is 0 Å². The molecule has 3 nitrogen and oxygen atoms in total. The van der Waals surface area contributed by atoms with Crippen LogP contribution in [0, 0.1) is 11.6 Å². The Bertz CT molecular complexity index is 384. The zero-order chi connectivity index (χ0) is 10.9. The van der Waals surface area contributed by atoms with Gasteiger partial charge < -0.3 is 10.8 Å². The van der Waals surface area contributed by atoms with E-state index >= 15 is 0 Å². The largest absolute Gasteiger partial charge is 0.480 e. The third-order valence-corrected chi connectivity index (χ3v) is 2.20. The van der Waals surface area contributed by atoms with Crippen molar-refractivity contribution in [3.05, 3.63) is 33.8 Å². The molecule has 0 saturated heterocycles. The number of carboxylic acid groups (broad SMARTS) is 1. The average molecular weight is 266 g/mol. The van der Waals surface area contributed by atoms with Gasteiger partial charge in [0.05, 0.1) is 4.47 Å². The van der Waals surface area contributed by atoms with E-state index in [-0.39, 0.29) is 10.0 Å². The van der Waals surface area contributed by atoms with Crippen molar-refractivity contribution in [1.29, 1.82) is 0 Å². The highest BCUT2D eigenvalue weighted by molar-refractivity contribution is 9.10. The molecule has 14 heavy (non-hydrogen) atoms. The van der Waals surface area contributed by atoms with Crippen molar-refractivity contribution in [3.63, 3.8) is 0 Å². The molecule has 6 heteroatoms. The molecular weight excluding hydrogens is 260 g/mol. The Morgan fingerprint density at radius 2 is 2.07 bits per heavy atom. The van der Waals surface area contributed by atoms with Gasteiger partial charge in [-0.1, -0.05) is 0 Å². The van der Waals surface area contributed by atoms with Crippen LogP contribution in [0.5, 0.6) is 0 Å².